The molecule has 106 valence electrons. The maximum absolute atomic E-state index is 11.3. The van der Waals surface area contributed by atoms with Crippen LogP contribution < -0.4 is 0 Å². The number of ether oxygens (including phenoxy) is 2. The van der Waals surface area contributed by atoms with E-state index < -0.39 is 0 Å². The van der Waals surface area contributed by atoms with Gasteiger partial charge in [0.1, 0.15) is 6.61 Å². The van der Waals surface area contributed by atoms with E-state index in [0.717, 1.165) is 38.5 Å². The number of carbonyl (C=O) groups is 1. The molecule has 0 heterocycles. The summed E-state index contributed by atoms with van der Waals surface area (Å²) in [6, 6.07) is 0. The average molecular weight is 258 g/mol. The quantitative estimate of drug-likeness (QED) is 0.535. The van der Waals surface area contributed by atoms with Crippen LogP contribution in [0, 0.1) is 11.8 Å². The first-order chi connectivity index (χ1) is 8.76. The van der Waals surface area contributed by atoms with E-state index >= 15 is 0 Å². The number of unbranched alkanes of at least 4 members (excludes halogenated alkanes) is 1. The molecular formula is C14H26O4. The van der Waals surface area contributed by atoms with Crippen LogP contribution in [0.2, 0.25) is 0 Å². The van der Waals surface area contributed by atoms with Gasteiger partial charge in [-0.15, -0.1) is 0 Å². The number of hydrogen-bond acceptors (Lipinski definition) is 4. The second-order valence-corrected chi connectivity index (χ2v) is 5.16. The summed E-state index contributed by atoms with van der Waals surface area (Å²) >= 11 is 0. The number of aliphatic hydroxyl groups is 1. The smallest absolute Gasteiger partial charge is 0.332 e. The third-order valence-corrected chi connectivity index (χ3v) is 3.56. The molecule has 0 aliphatic heterocycles. The van der Waals surface area contributed by atoms with Crippen LogP contribution in [0.25, 0.3) is 0 Å². The summed E-state index contributed by atoms with van der Waals surface area (Å²) in [5.41, 5.74) is 0. The van der Waals surface area contributed by atoms with E-state index in [1.807, 2.05) is 0 Å². The standard InChI is InChI=1S/C14H26O4/c1-2-3-8-18-14(16)11-17-10-13-6-4-12(9-15)5-7-13/h12-13,15H,2-11H2,1H3. The Morgan fingerprint density at radius 2 is 1.89 bits per heavy atom. The molecule has 1 rings (SSSR count). The fourth-order valence-electron chi connectivity index (χ4n) is 2.26. The minimum absolute atomic E-state index is 0.0731. The monoisotopic (exact) mass is 258 g/mol. The Bertz CT molecular complexity index is 222. The summed E-state index contributed by atoms with van der Waals surface area (Å²) in [7, 11) is 0. The number of carbonyl (C=O) groups excluding carboxylic acids is 1. The van der Waals surface area contributed by atoms with Crippen molar-refractivity contribution in [2.45, 2.75) is 45.4 Å². The molecule has 0 spiro atoms. The molecule has 0 amide bonds. The van der Waals surface area contributed by atoms with Gasteiger partial charge in [-0.25, -0.2) is 4.79 Å². The predicted molar refractivity (Wildman–Crippen MR) is 69.2 cm³/mol. The van der Waals surface area contributed by atoms with Gasteiger partial charge in [0.2, 0.25) is 0 Å². The zero-order valence-corrected chi connectivity index (χ0v) is 11.4. The number of aliphatic hydroxyl groups excluding tert-OH is 1. The lowest BCUT2D eigenvalue weighted by molar-refractivity contribution is -0.149. The lowest BCUT2D eigenvalue weighted by atomic mass is 9.83. The van der Waals surface area contributed by atoms with Crippen LogP contribution in [0.5, 0.6) is 0 Å². The molecular weight excluding hydrogens is 232 g/mol. The van der Waals surface area contributed by atoms with Gasteiger partial charge >= 0.3 is 5.97 Å². The first-order valence-corrected chi connectivity index (χ1v) is 7.10. The van der Waals surface area contributed by atoms with Crippen molar-refractivity contribution < 1.29 is 19.4 Å². The van der Waals surface area contributed by atoms with Gasteiger partial charge < -0.3 is 14.6 Å². The van der Waals surface area contributed by atoms with Gasteiger partial charge in [0.15, 0.2) is 0 Å². The number of rotatable bonds is 8. The highest BCUT2D eigenvalue weighted by molar-refractivity contribution is 5.70. The van der Waals surface area contributed by atoms with Crippen LogP contribution in [0.15, 0.2) is 0 Å². The summed E-state index contributed by atoms with van der Waals surface area (Å²) in [6.45, 7) is 3.58. The first kappa shape index (κ1) is 15.4. The Labute approximate surface area is 110 Å². The Morgan fingerprint density at radius 1 is 1.22 bits per heavy atom. The molecule has 0 bridgehead atoms. The van der Waals surface area contributed by atoms with E-state index in [-0.39, 0.29) is 12.6 Å². The SMILES string of the molecule is CCCCOC(=O)COCC1CCC(CO)CC1. The third-order valence-electron chi connectivity index (χ3n) is 3.56. The zero-order valence-electron chi connectivity index (χ0n) is 11.4. The van der Waals surface area contributed by atoms with Crippen molar-refractivity contribution >= 4 is 5.97 Å². The zero-order chi connectivity index (χ0) is 13.2. The van der Waals surface area contributed by atoms with Crippen molar-refractivity contribution in [1.29, 1.82) is 0 Å². The third kappa shape index (κ3) is 6.36. The van der Waals surface area contributed by atoms with E-state index in [1.165, 1.54) is 0 Å². The molecule has 1 aliphatic carbocycles. The van der Waals surface area contributed by atoms with Gasteiger partial charge in [0.05, 0.1) is 13.2 Å². The Balaban J connectivity index is 1.99. The molecule has 18 heavy (non-hydrogen) atoms. The van der Waals surface area contributed by atoms with Gasteiger partial charge in [-0.2, -0.15) is 0 Å². The second-order valence-electron chi connectivity index (χ2n) is 5.16. The van der Waals surface area contributed by atoms with E-state index in [2.05, 4.69) is 6.92 Å². The molecule has 0 aromatic carbocycles. The van der Waals surface area contributed by atoms with E-state index in [9.17, 15) is 4.79 Å². The Morgan fingerprint density at radius 3 is 2.50 bits per heavy atom. The molecule has 0 saturated heterocycles. The van der Waals surface area contributed by atoms with Crippen molar-refractivity contribution in [3.05, 3.63) is 0 Å². The topological polar surface area (TPSA) is 55.8 Å². The van der Waals surface area contributed by atoms with Gasteiger partial charge in [0, 0.05) is 6.61 Å². The summed E-state index contributed by atoms with van der Waals surface area (Å²) < 4.78 is 10.4. The number of esters is 1. The Kier molecular flexibility index (Phi) is 8.01. The normalized spacial score (nSPS) is 23.9. The average Bonchev–Trinajstić information content (AvgIpc) is 2.40. The summed E-state index contributed by atoms with van der Waals surface area (Å²) in [5.74, 6) is 0.754. The maximum atomic E-state index is 11.3. The predicted octanol–water partition coefficient (Wildman–Crippen LogP) is 2.14. The highest BCUT2D eigenvalue weighted by Gasteiger charge is 2.20. The first-order valence-electron chi connectivity index (χ1n) is 7.10. The van der Waals surface area contributed by atoms with Crippen LogP contribution in [-0.2, 0) is 14.3 Å². The molecule has 1 fully saturated rings. The van der Waals surface area contributed by atoms with Crippen LogP contribution in [0.1, 0.15) is 45.4 Å². The fraction of sp³-hybridized carbons (Fsp3) is 0.929. The summed E-state index contributed by atoms with van der Waals surface area (Å²) in [4.78, 5) is 11.3. The molecule has 0 radical (unpaired) electrons. The molecule has 0 aromatic heterocycles. The van der Waals surface area contributed by atoms with Crippen molar-refractivity contribution in [3.63, 3.8) is 0 Å². The van der Waals surface area contributed by atoms with Gasteiger partial charge in [-0.05, 0) is 43.9 Å². The fourth-order valence-corrected chi connectivity index (χ4v) is 2.26. The minimum atomic E-state index is -0.257. The molecule has 1 saturated carbocycles. The largest absolute Gasteiger partial charge is 0.464 e. The van der Waals surface area contributed by atoms with Crippen molar-refractivity contribution in [2.75, 3.05) is 26.4 Å². The molecule has 1 N–H and O–H groups in total. The molecule has 0 atom stereocenters. The molecule has 4 nitrogen and oxygen atoms in total. The van der Waals surface area contributed by atoms with Crippen LogP contribution in [-0.4, -0.2) is 37.5 Å². The van der Waals surface area contributed by atoms with Crippen molar-refractivity contribution in [3.8, 4) is 0 Å². The Hall–Kier alpha value is -0.610. The van der Waals surface area contributed by atoms with Crippen molar-refractivity contribution in [2.24, 2.45) is 11.8 Å². The molecule has 0 unspecified atom stereocenters. The molecule has 1 aliphatic rings. The highest BCUT2D eigenvalue weighted by Crippen LogP contribution is 2.28. The second kappa shape index (κ2) is 9.34. The lowest BCUT2D eigenvalue weighted by Crippen LogP contribution is -2.22. The van der Waals surface area contributed by atoms with E-state index in [1.54, 1.807) is 0 Å². The van der Waals surface area contributed by atoms with Crippen LogP contribution >= 0.6 is 0 Å². The summed E-state index contributed by atoms with van der Waals surface area (Å²) in [5, 5.41) is 9.04. The lowest BCUT2D eigenvalue weighted by Gasteiger charge is -2.26. The highest BCUT2D eigenvalue weighted by atomic mass is 16.6. The molecule has 0 aromatic rings. The minimum Gasteiger partial charge on any atom is -0.464 e. The van der Waals surface area contributed by atoms with Crippen LogP contribution in [0.4, 0.5) is 0 Å². The van der Waals surface area contributed by atoms with E-state index in [4.69, 9.17) is 14.6 Å². The van der Waals surface area contributed by atoms with Gasteiger partial charge in [0.25, 0.3) is 0 Å². The van der Waals surface area contributed by atoms with E-state index in [0.29, 0.717) is 31.7 Å². The maximum Gasteiger partial charge on any atom is 0.332 e. The number of hydrogen-bond donors (Lipinski definition) is 1. The van der Waals surface area contributed by atoms with Gasteiger partial charge in [-0.3, -0.25) is 0 Å². The van der Waals surface area contributed by atoms with Crippen molar-refractivity contribution in [1.82, 2.24) is 0 Å². The summed E-state index contributed by atoms with van der Waals surface area (Å²) in [6.07, 6.45) is 6.28. The van der Waals surface area contributed by atoms with Gasteiger partial charge in [-0.1, -0.05) is 13.3 Å². The van der Waals surface area contributed by atoms with Crippen LogP contribution in [0.3, 0.4) is 0 Å². The molecule has 4 heteroatoms.